The lowest BCUT2D eigenvalue weighted by atomic mass is 10.4. The summed E-state index contributed by atoms with van der Waals surface area (Å²) >= 11 is 0. The summed E-state index contributed by atoms with van der Waals surface area (Å²) < 4.78 is 4.63. The number of carbonyl (C=O) groups is 1. The molecule has 0 unspecified atom stereocenters. The Kier molecular flexibility index (Phi) is 26.1. The number of aliphatic hydroxyl groups is 5. The molecule has 0 saturated carbocycles. The van der Waals surface area contributed by atoms with Crippen molar-refractivity contribution in [2.45, 2.75) is 13.0 Å². The lowest BCUT2D eigenvalue weighted by molar-refractivity contribution is -0.134. The zero-order chi connectivity index (χ0) is 14.1. The van der Waals surface area contributed by atoms with Crippen molar-refractivity contribution in [1.82, 2.24) is 0 Å². The van der Waals surface area contributed by atoms with Gasteiger partial charge in [0.15, 0.2) is 0 Å². The lowest BCUT2D eigenvalue weighted by Gasteiger charge is -1.96. The third-order valence-corrected chi connectivity index (χ3v) is 0.893. The summed E-state index contributed by atoms with van der Waals surface area (Å²) in [6, 6.07) is 0. The molecule has 0 aliphatic carbocycles. The van der Waals surface area contributed by atoms with Gasteiger partial charge in [-0.2, -0.15) is 0 Å². The Bertz CT molecular complexity index is 129. The molecule has 6 N–H and O–H groups in total. The van der Waals surface area contributed by atoms with Crippen LogP contribution in [0.15, 0.2) is 0 Å². The Balaban J connectivity index is -0.000000180. The van der Waals surface area contributed by atoms with Crippen LogP contribution in [-0.2, 0) is 9.53 Å². The second-order valence-corrected chi connectivity index (χ2v) is 2.60. The van der Waals surface area contributed by atoms with Crippen LogP contribution in [0.1, 0.15) is 6.92 Å². The molecule has 0 bridgehead atoms. The van der Waals surface area contributed by atoms with Crippen molar-refractivity contribution in [2.75, 3.05) is 39.6 Å². The van der Waals surface area contributed by atoms with E-state index in [1.165, 1.54) is 0 Å². The van der Waals surface area contributed by atoms with E-state index in [0.717, 1.165) is 6.92 Å². The molecular weight excluding hydrogens is 236 g/mol. The first kappa shape index (κ1) is 21.5. The van der Waals surface area contributed by atoms with Crippen LogP contribution in [0, 0.1) is 0 Å². The van der Waals surface area contributed by atoms with Crippen LogP contribution in [0.25, 0.3) is 0 Å². The van der Waals surface area contributed by atoms with Crippen molar-refractivity contribution in [2.24, 2.45) is 0 Å². The van der Waals surface area contributed by atoms with Crippen molar-refractivity contribution in [3.05, 3.63) is 0 Å². The molecule has 17 heavy (non-hydrogen) atoms. The molecule has 0 aliphatic rings. The maximum Gasteiger partial charge on any atom is 0.300 e. The quantitative estimate of drug-likeness (QED) is 0.284. The number of carboxylic acid groups (broad SMARTS) is 1. The molecule has 8 heteroatoms. The van der Waals surface area contributed by atoms with E-state index in [0.29, 0.717) is 13.2 Å². The summed E-state index contributed by atoms with van der Waals surface area (Å²) in [5, 5.41) is 47.6. The van der Waals surface area contributed by atoms with E-state index >= 15 is 0 Å². The molecule has 8 nitrogen and oxygen atoms in total. The number of hydrogen-bond acceptors (Lipinski definition) is 7. The molecule has 0 radical (unpaired) electrons. The molecule has 0 spiro atoms. The fourth-order valence-corrected chi connectivity index (χ4v) is 0.289. The average Bonchev–Trinajstić information content (AvgIpc) is 2.29. The minimum absolute atomic E-state index is 0.0278. The van der Waals surface area contributed by atoms with Gasteiger partial charge < -0.3 is 35.4 Å². The van der Waals surface area contributed by atoms with Crippen LogP contribution in [-0.4, -0.2) is 82.4 Å². The molecule has 0 aromatic heterocycles. The number of carboxylic acids is 1. The van der Waals surface area contributed by atoms with E-state index in [2.05, 4.69) is 4.74 Å². The first-order valence-electron chi connectivity index (χ1n) is 4.84. The smallest absolute Gasteiger partial charge is 0.300 e. The summed E-state index contributed by atoms with van der Waals surface area (Å²) in [5.74, 6) is -0.833. The molecule has 106 valence electrons. The number of aliphatic hydroxyl groups excluding tert-OH is 5. The Labute approximate surface area is 99.7 Å². The zero-order valence-electron chi connectivity index (χ0n) is 9.82. The van der Waals surface area contributed by atoms with Crippen LogP contribution < -0.4 is 0 Å². The second-order valence-electron chi connectivity index (χ2n) is 2.60. The number of aliphatic carboxylic acids is 1. The third-order valence-electron chi connectivity index (χ3n) is 0.893. The largest absolute Gasteiger partial charge is 0.481 e. The third kappa shape index (κ3) is 51.0. The topological polar surface area (TPSA) is 148 Å². The fourth-order valence-electron chi connectivity index (χ4n) is 0.289. The Morgan fingerprint density at radius 1 is 1.06 bits per heavy atom. The van der Waals surface area contributed by atoms with Gasteiger partial charge >= 0.3 is 0 Å². The minimum Gasteiger partial charge on any atom is -0.481 e. The van der Waals surface area contributed by atoms with E-state index < -0.39 is 12.1 Å². The van der Waals surface area contributed by atoms with Gasteiger partial charge in [0.2, 0.25) is 0 Å². The van der Waals surface area contributed by atoms with Crippen LogP contribution in [0.4, 0.5) is 0 Å². The van der Waals surface area contributed by atoms with Crippen molar-refractivity contribution in [3.8, 4) is 0 Å². The standard InChI is InChI=1S/C4H10O3.C3H8O3.C2H4O2/c5-1-3-7-4-2-6;4-1-3(6)2-5;1-2(3)4/h5-6H,1-4H2;3-6H,1-2H2;1H3,(H,3,4). The Morgan fingerprint density at radius 3 is 1.47 bits per heavy atom. The van der Waals surface area contributed by atoms with Gasteiger partial charge in [-0.1, -0.05) is 0 Å². The number of ether oxygens (including phenoxy) is 1. The summed E-state index contributed by atoms with van der Waals surface area (Å²) in [5.41, 5.74) is 0. The van der Waals surface area contributed by atoms with Crippen molar-refractivity contribution in [1.29, 1.82) is 0 Å². The molecule has 0 aliphatic heterocycles. The first-order valence-corrected chi connectivity index (χ1v) is 4.84. The molecule has 0 rings (SSSR count). The average molecular weight is 258 g/mol. The van der Waals surface area contributed by atoms with E-state index in [1.54, 1.807) is 0 Å². The highest BCUT2D eigenvalue weighted by Crippen LogP contribution is 1.71. The molecule has 0 saturated heterocycles. The van der Waals surface area contributed by atoms with Crippen molar-refractivity contribution >= 4 is 5.97 Å². The number of rotatable bonds is 6. The van der Waals surface area contributed by atoms with Crippen LogP contribution in [0.5, 0.6) is 0 Å². The van der Waals surface area contributed by atoms with E-state index in [9.17, 15) is 0 Å². The summed E-state index contributed by atoms with van der Waals surface area (Å²) in [6.07, 6.45) is -0.954. The second kappa shape index (κ2) is 20.6. The van der Waals surface area contributed by atoms with E-state index in [4.69, 9.17) is 35.4 Å². The van der Waals surface area contributed by atoms with Gasteiger partial charge in [-0.3, -0.25) is 4.79 Å². The van der Waals surface area contributed by atoms with Gasteiger partial charge in [0.1, 0.15) is 6.10 Å². The summed E-state index contributed by atoms with van der Waals surface area (Å²) in [4.78, 5) is 9.00. The van der Waals surface area contributed by atoms with E-state index in [1.807, 2.05) is 0 Å². The Hall–Kier alpha value is -0.770. The summed E-state index contributed by atoms with van der Waals surface area (Å²) in [7, 11) is 0. The fraction of sp³-hybridized carbons (Fsp3) is 0.889. The minimum atomic E-state index is -0.954. The van der Waals surface area contributed by atoms with Crippen molar-refractivity contribution in [3.63, 3.8) is 0 Å². The predicted molar refractivity (Wildman–Crippen MR) is 58.5 cm³/mol. The normalized spacial score (nSPS) is 8.88. The highest BCUT2D eigenvalue weighted by molar-refractivity contribution is 5.62. The number of hydrogen-bond donors (Lipinski definition) is 6. The van der Waals surface area contributed by atoms with Gasteiger partial charge in [-0.05, 0) is 0 Å². The van der Waals surface area contributed by atoms with Gasteiger partial charge in [-0.25, -0.2) is 0 Å². The van der Waals surface area contributed by atoms with Gasteiger partial charge in [-0.15, -0.1) is 0 Å². The maximum atomic E-state index is 9.00. The zero-order valence-corrected chi connectivity index (χ0v) is 9.82. The van der Waals surface area contributed by atoms with Crippen molar-refractivity contribution < 1.29 is 40.2 Å². The monoisotopic (exact) mass is 258 g/mol. The van der Waals surface area contributed by atoms with Crippen LogP contribution in [0.2, 0.25) is 0 Å². The Morgan fingerprint density at radius 2 is 1.35 bits per heavy atom. The highest BCUT2D eigenvalue weighted by atomic mass is 16.5. The molecule has 0 heterocycles. The van der Waals surface area contributed by atoms with Crippen LogP contribution >= 0.6 is 0 Å². The molecular formula is C9H22O8. The van der Waals surface area contributed by atoms with Gasteiger partial charge in [0.05, 0.1) is 39.6 Å². The molecule has 0 aromatic carbocycles. The van der Waals surface area contributed by atoms with E-state index in [-0.39, 0.29) is 26.4 Å². The van der Waals surface area contributed by atoms with Gasteiger partial charge in [0.25, 0.3) is 5.97 Å². The summed E-state index contributed by atoms with van der Waals surface area (Å²) in [6.45, 7) is 1.05. The molecule has 0 atom stereocenters. The van der Waals surface area contributed by atoms with Crippen LogP contribution in [0.3, 0.4) is 0 Å². The lowest BCUT2D eigenvalue weighted by Crippen LogP contribution is -2.15. The highest BCUT2D eigenvalue weighted by Gasteiger charge is 1.93. The van der Waals surface area contributed by atoms with Gasteiger partial charge in [0, 0.05) is 6.92 Å². The SMILES string of the molecule is CC(=O)O.OCC(O)CO.OCCOCCO. The molecule has 0 aromatic rings. The first-order chi connectivity index (χ1) is 7.95. The predicted octanol–water partition coefficient (Wildman–Crippen LogP) is -2.59. The molecule has 0 fully saturated rings. The maximum absolute atomic E-state index is 9.00. The molecule has 0 amide bonds.